The molecule has 0 spiro atoms. The van der Waals surface area contributed by atoms with Crippen molar-refractivity contribution in [3.8, 4) is 0 Å². The van der Waals surface area contributed by atoms with Gasteiger partial charge in [0.05, 0.1) is 0 Å². The van der Waals surface area contributed by atoms with Crippen molar-refractivity contribution in [1.29, 1.82) is 0 Å². The van der Waals surface area contributed by atoms with Crippen LogP contribution in [0.4, 0.5) is 5.82 Å². The van der Waals surface area contributed by atoms with Gasteiger partial charge in [0.2, 0.25) is 0 Å². The van der Waals surface area contributed by atoms with Crippen LogP contribution in [-0.2, 0) is 0 Å². The Morgan fingerprint density at radius 2 is 2.27 bits per heavy atom. The maximum atomic E-state index is 5.93. The highest BCUT2D eigenvalue weighted by Crippen LogP contribution is 2.31. The molecule has 0 aromatic carbocycles. The average Bonchev–Trinajstić information content (AvgIpc) is 2.17. The Balaban J connectivity index is 2.45. The van der Waals surface area contributed by atoms with Crippen LogP contribution in [0, 0.1) is 6.92 Å². The quantitative estimate of drug-likeness (QED) is 0.732. The van der Waals surface area contributed by atoms with E-state index in [9.17, 15) is 0 Å². The van der Waals surface area contributed by atoms with Gasteiger partial charge in [-0.3, -0.25) is 0 Å². The number of pyridine rings is 1. The third-order valence-corrected chi connectivity index (χ3v) is 2.91. The number of allylic oxidation sites excluding steroid dienone is 1. The fourth-order valence-corrected chi connectivity index (χ4v) is 2.16. The molecule has 1 unspecified atom stereocenters. The summed E-state index contributed by atoms with van der Waals surface area (Å²) in [6, 6.07) is 2.17. The summed E-state index contributed by atoms with van der Waals surface area (Å²) in [6.45, 7) is 2.06. The minimum Gasteiger partial charge on any atom is -0.383 e. The van der Waals surface area contributed by atoms with Crippen LogP contribution in [0.25, 0.3) is 5.57 Å². The van der Waals surface area contributed by atoms with Crippen LogP contribution in [-0.4, -0.2) is 11.0 Å². The molecule has 0 saturated carbocycles. The predicted molar refractivity (Wildman–Crippen MR) is 63.2 cm³/mol. The van der Waals surface area contributed by atoms with E-state index < -0.39 is 0 Å². The minimum atomic E-state index is 0.174. The summed E-state index contributed by atoms with van der Waals surface area (Å²) in [5, 5.41) is 0. The fraction of sp³-hybridized carbons (Fsp3) is 0.417. The molecular formula is C12H17N3. The molecule has 1 aliphatic rings. The lowest BCUT2D eigenvalue weighted by Crippen LogP contribution is -2.20. The van der Waals surface area contributed by atoms with E-state index in [-0.39, 0.29) is 6.04 Å². The van der Waals surface area contributed by atoms with Crippen molar-refractivity contribution in [3.05, 3.63) is 29.5 Å². The summed E-state index contributed by atoms with van der Waals surface area (Å²) in [5.74, 6) is 0.621. The van der Waals surface area contributed by atoms with E-state index in [0.717, 1.165) is 24.8 Å². The monoisotopic (exact) mass is 203 g/mol. The number of aryl methyl sites for hydroxylation is 1. The van der Waals surface area contributed by atoms with Crippen molar-refractivity contribution < 1.29 is 0 Å². The number of anilines is 1. The topological polar surface area (TPSA) is 64.9 Å². The van der Waals surface area contributed by atoms with Gasteiger partial charge < -0.3 is 11.5 Å². The first-order valence-corrected chi connectivity index (χ1v) is 5.36. The Bertz CT molecular complexity index is 376. The highest BCUT2D eigenvalue weighted by molar-refractivity contribution is 5.76. The van der Waals surface area contributed by atoms with E-state index >= 15 is 0 Å². The van der Waals surface area contributed by atoms with Gasteiger partial charge in [0.25, 0.3) is 0 Å². The van der Waals surface area contributed by atoms with Gasteiger partial charge in [-0.15, -0.1) is 0 Å². The minimum absolute atomic E-state index is 0.174. The molecule has 1 aromatic rings. The molecule has 0 bridgehead atoms. The molecule has 1 aromatic heterocycles. The van der Waals surface area contributed by atoms with Gasteiger partial charge in [-0.2, -0.15) is 0 Å². The van der Waals surface area contributed by atoms with Gasteiger partial charge in [-0.05, 0) is 43.4 Å². The molecule has 1 aliphatic carbocycles. The van der Waals surface area contributed by atoms with Crippen LogP contribution in [0.2, 0.25) is 0 Å². The Morgan fingerprint density at radius 1 is 1.47 bits per heavy atom. The second-order valence-electron chi connectivity index (χ2n) is 4.14. The van der Waals surface area contributed by atoms with Crippen LogP contribution in [0.15, 0.2) is 18.3 Å². The first-order valence-electron chi connectivity index (χ1n) is 5.36. The van der Waals surface area contributed by atoms with E-state index in [1.807, 2.05) is 6.07 Å². The van der Waals surface area contributed by atoms with Crippen molar-refractivity contribution in [2.75, 3.05) is 5.73 Å². The SMILES string of the molecule is Cc1ccnc(N)c1C1=CC(N)CCC1. The van der Waals surface area contributed by atoms with E-state index in [1.54, 1.807) is 6.20 Å². The highest BCUT2D eigenvalue weighted by Gasteiger charge is 2.15. The van der Waals surface area contributed by atoms with Crippen LogP contribution in [0.1, 0.15) is 30.4 Å². The molecule has 0 radical (unpaired) electrons. The van der Waals surface area contributed by atoms with E-state index in [2.05, 4.69) is 18.0 Å². The number of nitrogens with zero attached hydrogens (tertiary/aromatic N) is 1. The second-order valence-corrected chi connectivity index (χ2v) is 4.14. The molecule has 0 aliphatic heterocycles. The van der Waals surface area contributed by atoms with Gasteiger partial charge in [-0.1, -0.05) is 6.08 Å². The molecule has 0 fully saturated rings. The maximum Gasteiger partial charge on any atom is 0.131 e. The number of aromatic nitrogens is 1. The molecule has 2 rings (SSSR count). The molecular weight excluding hydrogens is 186 g/mol. The number of hydrogen-bond donors (Lipinski definition) is 2. The largest absolute Gasteiger partial charge is 0.383 e. The number of rotatable bonds is 1. The van der Waals surface area contributed by atoms with Gasteiger partial charge in [0, 0.05) is 17.8 Å². The molecule has 0 amide bonds. The highest BCUT2D eigenvalue weighted by atomic mass is 14.8. The lowest BCUT2D eigenvalue weighted by Gasteiger charge is -2.20. The van der Waals surface area contributed by atoms with Crippen LogP contribution < -0.4 is 11.5 Å². The van der Waals surface area contributed by atoms with Gasteiger partial charge in [-0.25, -0.2) is 4.98 Å². The van der Waals surface area contributed by atoms with E-state index in [1.165, 1.54) is 11.1 Å². The summed E-state index contributed by atoms with van der Waals surface area (Å²) in [4.78, 5) is 4.14. The Labute approximate surface area is 90.2 Å². The molecule has 3 nitrogen and oxygen atoms in total. The molecule has 0 saturated heterocycles. The Morgan fingerprint density at radius 3 is 2.93 bits per heavy atom. The number of hydrogen-bond acceptors (Lipinski definition) is 3. The molecule has 4 N–H and O–H groups in total. The van der Waals surface area contributed by atoms with Crippen molar-refractivity contribution in [1.82, 2.24) is 4.98 Å². The maximum absolute atomic E-state index is 5.93. The van der Waals surface area contributed by atoms with Crippen LogP contribution in [0.5, 0.6) is 0 Å². The normalized spacial score (nSPS) is 21.2. The summed E-state index contributed by atoms with van der Waals surface area (Å²) in [7, 11) is 0. The van der Waals surface area contributed by atoms with Gasteiger partial charge in [0.15, 0.2) is 0 Å². The first kappa shape index (κ1) is 10.2. The van der Waals surface area contributed by atoms with E-state index in [0.29, 0.717) is 5.82 Å². The number of nitrogen functional groups attached to an aromatic ring is 1. The van der Waals surface area contributed by atoms with E-state index in [4.69, 9.17) is 11.5 Å². The predicted octanol–water partition coefficient (Wildman–Crippen LogP) is 1.87. The van der Waals surface area contributed by atoms with Crippen molar-refractivity contribution >= 4 is 11.4 Å². The van der Waals surface area contributed by atoms with Crippen LogP contribution in [0.3, 0.4) is 0 Å². The molecule has 1 heterocycles. The third kappa shape index (κ3) is 2.02. The zero-order chi connectivity index (χ0) is 10.8. The second kappa shape index (κ2) is 4.03. The first-order chi connectivity index (χ1) is 7.18. The van der Waals surface area contributed by atoms with Crippen molar-refractivity contribution in [2.45, 2.75) is 32.2 Å². The van der Waals surface area contributed by atoms with Crippen molar-refractivity contribution in [3.63, 3.8) is 0 Å². The summed E-state index contributed by atoms with van der Waals surface area (Å²) in [6.07, 6.45) is 7.15. The van der Waals surface area contributed by atoms with Gasteiger partial charge in [0.1, 0.15) is 5.82 Å². The zero-order valence-corrected chi connectivity index (χ0v) is 9.03. The Kier molecular flexibility index (Phi) is 2.73. The molecule has 15 heavy (non-hydrogen) atoms. The number of nitrogens with two attached hydrogens (primary N) is 2. The fourth-order valence-electron chi connectivity index (χ4n) is 2.16. The standard InChI is InChI=1S/C12H17N3/c1-8-5-6-15-12(14)11(8)9-3-2-4-10(13)7-9/h5-7,10H,2-4,13H2,1H3,(H2,14,15). The molecule has 3 heteroatoms. The smallest absolute Gasteiger partial charge is 0.131 e. The van der Waals surface area contributed by atoms with Crippen molar-refractivity contribution in [2.24, 2.45) is 5.73 Å². The average molecular weight is 203 g/mol. The molecule has 1 atom stereocenters. The van der Waals surface area contributed by atoms with Gasteiger partial charge >= 0.3 is 0 Å². The van der Waals surface area contributed by atoms with Crippen LogP contribution >= 0.6 is 0 Å². The third-order valence-electron chi connectivity index (χ3n) is 2.91. The zero-order valence-electron chi connectivity index (χ0n) is 9.03. The molecule has 80 valence electrons. The lowest BCUT2D eigenvalue weighted by molar-refractivity contribution is 0.654. The Hall–Kier alpha value is -1.35. The summed E-state index contributed by atoms with van der Waals surface area (Å²) < 4.78 is 0. The summed E-state index contributed by atoms with van der Waals surface area (Å²) >= 11 is 0. The lowest BCUT2D eigenvalue weighted by atomic mass is 9.89. The summed E-state index contributed by atoms with van der Waals surface area (Å²) in [5.41, 5.74) is 15.4.